The lowest BCUT2D eigenvalue weighted by molar-refractivity contribution is -0.137. The minimum atomic E-state index is -4.36. The van der Waals surface area contributed by atoms with E-state index in [1.807, 2.05) is 0 Å². The van der Waals surface area contributed by atoms with Gasteiger partial charge in [-0.25, -0.2) is 0 Å². The maximum absolute atomic E-state index is 12.5. The minimum absolute atomic E-state index is 0. The molecular formula is C18H20ClF3N2O2. The van der Waals surface area contributed by atoms with Gasteiger partial charge in [0.2, 0.25) is 5.91 Å². The van der Waals surface area contributed by atoms with Crippen LogP contribution in [0.15, 0.2) is 48.5 Å². The van der Waals surface area contributed by atoms with E-state index in [1.165, 1.54) is 12.1 Å². The normalized spacial score (nSPS) is 10.8. The molecule has 142 valence electrons. The van der Waals surface area contributed by atoms with Gasteiger partial charge in [-0.3, -0.25) is 4.79 Å². The van der Waals surface area contributed by atoms with Crippen molar-refractivity contribution in [3.05, 3.63) is 59.7 Å². The summed E-state index contributed by atoms with van der Waals surface area (Å²) < 4.78 is 43.1. The SMILES string of the molecule is CNCCC(=O)NCc1ccc(Oc2ccc(C(F)(F)F)cc2)cc1.Cl. The fraction of sp³-hybridized carbons (Fsp3) is 0.278. The van der Waals surface area contributed by atoms with Gasteiger partial charge >= 0.3 is 6.18 Å². The van der Waals surface area contributed by atoms with Gasteiger partial charge < -0.3 is 15.4 Å². The minimum Gasteiger partial charge on any atom is -0.457 e. The van der Waals surface area contributed by atoms with Crippen LogP contribution in [0, 0.1) is 0 Å². The van der Waals surface area contributed by atoms with Gasteiger partial charge in [-0.2, -0.15) is 13.2 Å². The van der Waals surface area contributed by atoms with E-state index in [1.54, 1.807) is 31.3 Å². The molecule has 0 aliphatic carbocycles. The lowest BCUT2D eigenvalue weighted by Crippen LogP contribution is -2.25. The third-order valence-corrected chi connectivity index (χ3v) is 3.43. The first-order chi connectivity index (χ1) is 11.9. The summed E-state index contributed by atoms with van der Waals surface area (Å²) in [5.74, 6) is 0.783. The number of hydrogen-bond acceptors (Lipinski definition) is 3. The van der Waals surface area contributed by atoms with Crippen LogP contribution in [-0.4, -0.2) is 19.5 Å². The molecule has 1 amide bonds. The summed E-state index contributed by atoms with van der Waals surface area (Å²) in [7, 11) is 1.78. The molecule has 0 heterocycles. The van der Waals surface area contributed by atoms with Crippen LogP contribution in [-0.2, 0) is 17.5 Å². The zero-order valence-electron chi connectivity index (χ0n) is 14.1. The zero-order valence-corrected chi connectivity index (χ0v) is 14.9. The molecule has 0 aliphatic heterocycles. The first-order valence-electron chi connectivity index (χ1n) is 7.74. The third kappa shape index (κ3) is 6.93. The first-order valence-corrected chi connectivity index (χ1v) is 7.74. The van der Waals surface area contributed by atoms with Crippen LogP contribution in [0.1, 0.15) is 17.5 Å². The number of alkyl halides is 3. The van der Waals surface area contributed by atoms with E-state index >= 15 is 0 Å². The third-order valence-electron chi connectivity index (χ3n) is 3.43. The van der Waals surface area contributed by atoms with Crippen LogP contribution in [0.4, 0.5) is 13.2 Å². The maximum Gasteiger partial charge on any atom is 0.416 e. The number of amides is 1. The predicted molar refractivity (Wildman–Crippen MR) is 95.6 cm³/mol. The lowest BCUT2D eigenvalue weighted by atomic mass is 10.2. The van der Waals surface area contributed by atoms with Crippen LogP contribution in [0.2, 0.25) is 0 Å². The fourth-order valence-electron chi connectivity index (χ4n) is 2.05. The summed E-state index contributed by atoms with van der Waals surface area (Å²) in [5.41, 5.74) is 0.182. The standard InChI is InChI=1S/C18H19F3N2O2.ClH/c1-22-11-10-17(24)23-12-13-2-6-15(7-3-13)25-16-8-4-14(5-9-16)18(19,20)21;/h2-9,22H,10-12H2,1H3,(H,23,24);1H. The van der Waals surface area contributed by atoms with Crippen LogP contribution >= 0.6 is 12.4 Å². The van der Waals surface area contributed by atoms with E-state index in [0.717, 1.165) is 17.7 Å². The Bertz CT molecular complexity index is 689. The molecule has 0 bridgehead atoms. The summed E-state index contributed by atoms with van der Waals surface area (Å²) in [6.45, 7) is 1.02. The molecule has 2 aromatic rings. The number of nitrogens with one attached hydrogen (secondary N) is 2. The van der Waals surface area contributed by atoms with Crippen molar-refractivity contribution in [2.45, 2.75) is 19.1 Å². The molecule has 2 aromatic carbocycles. The lowest BCUT2D eigenvalue weighted by Gasteiger charge is -2.10. The Labute approximate surface area is 156 Å². The molecular weight excluding hydrogens is 369 g/mol. The maximum atomic E-state index is 12.5. The van der Waals surface area contributed by atoms with Crippen LogP contribution in [0.3, 0.4) is 0 Å². The number of benzene rings is 2. The van der Waals surface area contributed by atoms with Gasteiger partial charge in [-0.15, -0.1) is 12.4 Å². The number of halogens is 4. The van der Waals surface area contributed by atoms with Crippen molar-refractivity contribution < 1.29 is 22.7 Å². The molecule has 0 saturated heterocycles. The topological polar surface area (TPSA) is 50.4 Å². The zero-order chi connectivity index (χ0) is 18.3. The van der Waals surface area contributed by atoms with Crippen molar-refractivity contribution in [3.63, 3.8) is 0 Å². The van der Waals surface area contributed by atoms with Crippen LogP contribution in [0.25, 0.3) is 0 Å². The van der Waals surface area contributed by atoms with Crippen molar-refractivity contribution in [2.75, 3.05) is 13.6 Å². The average Bonchev–Trinajstić information content (AvgIpc) is 2.59. The number of rotatable bonds is 7. The molecule has 0 fully saturated rings. The van der Waals surface area contributed by atoms with Gasteiger partial charge in [0.05, 0.1) is 5.56 Å². The fourth-order valence-corrected chi connectivity index (χ4v) is 2.05. The van der Waals surface area contributed by atoms with Crippen molar-refractivity contribution in [1.82, 2.24) is 10.6 Å². The van der Waals surface area contributed by atoms with Crippen LogP contribution < -0.4 is 15.4 Å². The molecule has 0 aliphatic rings. The number of carbonyl (C=O) groups is 1. The van der Waals surface area contributed by atoms with E-state index in [4.69, 9.17) is 4.74 Å². The quantitative estimate of drug-likeness (QED) is 0.749. The molecule has 4 nitrogen and oxygen atoms in total. The highest BCUT2D eigenvalue weighted by atomic mass is 35.5. The second-order valence-corrected chi connectivity index (χ2v) is 5.40. The molecule has 0 radical (unpaired) electrons. The van der Waals surface area contributed by atoms with E-state index < -0.39 is 11.7 Å². The Hall–Kier alpha value is -2.25. The summed E-state index contributed by atoms with van der Waals surface area (Å²) in [5, 5.41) is 5.70. The molecule has 8 heteroatoms. The summed E-state index contributed by atoms with van der Waals surface area (Å²) in [6, 6.07) is 11.5. The molecule has 0 atom stereocenters. The van der Waals surface area contributed by atoms with Crippen molar-refractivity contribution in [2.24, 2.45) is 0 Å². The molecule has 0 saturated carbocycles. The summed E-state index contributed by atoms with van der Waals surface area (Å²) >= 11 is 0. The Kier molecular flexibility index (Phi) is 8.41. The van der Waals surface area contributed by atoms with Gasteiger partial charge in [0.25, 0.3) is 0 Å². The van der Waals surface area contributed by atoms with E-state index in [0.29, 0.717) is 31.0 Å². The average molecular weight is 389 g/mol. The van der Waals surface area contributed by atoms with Gasteiger partial charge in [-0.1, -0.05) is 12.1 Å². The number of carbonyl (C=O) groups excluding carboxylic acids is 1. The van der Waals surface area contributed by atoms with Crippen molar-refractivity contribution >= 4 is 18.3 Å². The van der Waals surface area contributed by atoms with Gasteiger partial charge in [0.1, 0.15) is 11.5 Å². The van der Waals surface area contributed by atoms with E-state index in [2.05, 4.69) is 10.6 Å². The van der Waals surface area contributed by atoms with Crippen LogP contribution in [0.5, 0.6) is 11.5 Å². The molecule has 2 N–H and O–H groups in total. The Morgan fingerprint density at radius 2 is 1.54 bits per heavy atom. The Morgan fingerprint density at radius 1 is 1.00 bits per heavy atom. The number of ether oxygens (including phenoxy) is 1. The largest absolute Gasteiger partial charge is 0.457 e. The first kappa shape index (κ1) is 21.8. The van der Waals surface area contributed by atoms with Crippen molar-refractivity contribution in [1.29, 1.82) is 0 Å². The van der Waals surface area contributed by atoms with Gasteiger partial charge in [-0.05, 0) is 49.0 Å². The highest BCUT2D eigenvalue weighted by Crippen LogP contribution is 2.31. The predicted octanol–water partition coefficient (Wildman–Crippen LogP) is 4.15. The molecule has 0 aromatic heterocycles. The molecule has 26 heavy (non-hydrogen) atoms. The molecule has 2 rings (SSSR count). The Balaban J connectivity index is 0.00000338. The summed E-state index contributed by atoms with van der Waals surface area (Å²) in [6.07, 6.45) is -3.95. The van der Waals surface area contributed by atoms with Gasteiger partial charge in [0.15, 0.2) is 0 Å². The van der Waals surface area contributed by atoms with Crippen molar-refractivity contribution in [3.8, 4) is 11.5 Å². The Morgan fingerprint density at radius 3 is 2.04 bits per heavy atom. The molecule has 0 spiro atoms. The molecule has 0 unspecified atom stereocenters. The smallest absolute Gasteiger partial charge is 0.416 e. The van der Waals surface area contributed by atoms with E-state index in [9.17, 15) is 18.0 Å². The highest BCUT2D eigenvalue weighted by molar-refractivity contribution is 5.85. The van der Waals surface area contributed by atoms with Gasteiger partial charge in [0, 0.05) is 19.5 Å². The summed E-state index contributed by atoms with van der Waals surface area (Å²) in [4.78, 5) is 11.5. The second-order valence-electron chi connectivity index (χ2n) is 5.40. The second kappa shape index (κ2) is 10.0. The number of hydrogen-bond donors (Lipinski definition) is 2. The highest BCUT2D eigenvalue weighted by Gasteiger charge is 2.30. The monoisotopic (exact) mass is 388 g/mol. The van der Waals surface area contributed by atoms with E-state index in [-0.39, 0.29) is 18.3 Å².